The summed E-state index contributed by atoms with van der Waals surface area (Å²) in [4.78, 5) is 14.7. The molecule has 1 heterocycles. The lowest BCUT2D eigenvalue weighted by molar-refractivity contribution is -0.0390. The van der Waals surface area contributed by atoms with Crippen LogP contribution in [0.4, 0.5) is 0 Å². The second-order valence-electron chi connectivity index (χ2n) is 7.66. The van der Waals surface area contributed by atoms with Gasteiger partial charge in [0.1, 0.15) is 6.61 Å². The zero-order valence-electron chi connectivity index (χ0n) is 13.8. The number of hydrogen-bond acceptors (Lipinski definition) is 3. The zero-order chi connectivity index (χ0) is 15.4. The standard InChI is InChI=1S/C18H26O2S/c1-11-8-14(12(2)21-11)15(19)10-20-16-9-13-6-7-18(16,5)17(13,3)4/h8,13,16H,6-7,9-10H2,1-5H3. The highest BCUT2D eigenvalue weighted by molar-refractivity contribution is 7.12. The monoisotopic (exact) mass is 306 g/mol. The van der Waals surface area contributed by atoms with E-state index in [0.717, 1.165) is 22.8 Å². The number of Topliss-reactive ketones (excluding diaryl/α,β-unsaturated/α-hetero) is 1. The number of thiophene rings is 1. The minimum atomic E-state index is 0.140. The molecule has 1 aromatic heterocycles. The van der Waals surface area contributed by atoms with E-state index in [2.05, 4.69) is 27.7 Å². The number of carbonyl (C=O) groups excluding carboxylic acids is 1. The summed E-state index contributed by atoms with van der Waals surface area (Å²) in [7, 11) is 0. The Morgan fingerprint density at radius 2 is 2.10 bits per heavy atom. The summed E-state index contributed by atoms with van der Waals surface area (Å²) < 4.78 is 6.11. The van der Waals surface area contributed by atoms with E-state index in [4.69, 9.17) is 4.74 Å². The van der Waals surface area contributed by atoms with Crippen LogP contribution in [-0.2, 0) is 4.74 Å². The molecule has 3 rings (SSSR count). The summed E-state index contributed by atoms with van der Waals surface area (Å²) in [6.07, 6.45) is 3.92. The molecule has 0 radical (unpaired) electrons. The van der Waals surface area contributed by atoms with E-state index in [1.165, 1.54) is 17.7 Å². The van der Waals surface area contributed by atoms with Crippen molar-refractivity contribution in [3.8, 4) is 0 Å². The van der Waals surface area contributed by atoms with Crippen LogP contribution >= 0.6 is 11.3 Å². The summed E-state index contributed by atoms with van der Waals surface area (Å²) in [6.45, 7) is 11.4. The number of hydrogen-bond donors (Lipinski definition) is 0. The lowest BCUT2D eigenvalue weighted by atomic mass is 9.70. The van der Waals surface area contributed by atoms with E-state index < -0.39 is 0 Å². The summed E-state index contributed by atoms with van der Waals surface area (Å²) >= 11 is 1.69. The van der Waals surface area contributed by atoms with Crippen molar-refractivity contribution >= 4 is 17.1 Å². The smallest absolute Gasteiger partial charge is 0.189 e. The fourth-order valence-corrected chi connectivity index (χ4v) is 5.49. The maximum atomic E-state index is 12.4. The maximum absolute atomic E-state index is 12.4. The van der Waals surface area contributed by atoms with E-state index in [9.17, 15) is 4.79 Å². The molecular weight excluding hydrogens is 280 g/mol. The van der Waals surface area contributed by atoms with Crippen LogP contribution < -0.4 is 0 Å². The van der Waals surface area contributed by atoms with Crippen LogP contribution in [-0.4, -0.2) is 18.5 Å². The lowest BCUT2D eigenvalue weighted by Crippen LogP contribution is -2.38. The fraction of sp³-hybridized carbons (Fsp3) is 0.722. The summed E-state index contributed by atoms with van der Waals surface area (Å²) in [5.74, 6) is 0.897. The van der Waals surface area contributed by atoms with Crippen molar-refractivity contribution in [2.45, 2.75) is 60.0 Å². The summed E-state index contributed by atoms with van der Waals surface area (Å²) in [6, 6.07) is 2.00. The Bertz CT molecular complexity index is 572. The molecule has 2 bridgehead atoms. The van der Waals surface area contributed by atoms with Crippen LogP contribution in [0.3, 0.4) is 0 Å². The Hall–Kier alpha value is -0.670. The third-order valence-corrected chi connectivity index (χ3v) is 7.44. The zero-order valence-corrected chi connectivity index (χ0v) is 14.6. The molecule has 3 unspecified atom stereocenters. The molecule has 116 valence electrons. The van der Waals surface area contributed by atoms with Gasteiger partial charge in [-0.15, -0.1) is 11.3 Å². The van der Waals surface area contributed by atoms with Gasteiger partial charge in [-0.2, -0.15) is 0 Å². The van der Waals surface area contributed by atoms with Crippen LogP contribution in [0, 0.1) is 30.6 Å². The Balaban J connectivity index is 1.67. The molecule has 2 saturated carbocycles. The van der Waals surface area contributed by atoms with Crippen LogP contribution in [0.5, 0.6) is 0 Å². The number of rotatable bonds is 4. The highest BCUT2D eigenvalue weighted by atomic mass is 32.1. The average molecular weight is 306 g/mol. The highest BCUT2D eigenvalue weighted by Gasteiger charge is 2.61. The molecule has 2 fully saturated rings. The van der Waals surface area contributed by atoms with Gasteiger partial charge in [0.2, 0.25) is 0 Å². The molecule has 0 spiro atoms. The van der Waals surface area contributed by atoms with Gasteiger partial charge in [-0.3, -0.25) is 4.79 Å². The third kappa shape index (κ3) is 2.20. The molecule has 1 aromatic rings. The van der Waals surface area contributed by atoms with Gasteiger partial charge in [0.25, 0.3) is 0 Å². The van der Waals surface area contributed by atoms with Crippen molar-refractivity contribution in [3.05, 3.63) is 21.4 Å². The van der Waals surface area contributed by atoms with Crippen LogP contribution in [0.25, 0.3) is 0 Å². The van der Waals surface area contributed by atoms with Gasteiger partial charge in [-0.1, -0.05) is 20.8 Å². The fourth-order valence-electron chi connectivity index (χ4n) is 4.54. The topological polar surface area (TPSA) is 26.3 Å². The molecule has 2 aliphatic rings. The van der Waals surface area contributed by atoms with E-state index >= 15 is 0 Å². The second-order valence-corrected chi connectivity index (χ2v) is 9.12. The quantitative estimate of drug-likeness (QED) is 0.748. The van der Waals surface area contributed by atoms with Gasteiger partial charge in [0.05, 0.1) is 6.10 Å². The highest BCUT2D eigenvalue weighted by Crippen LogP contribution is 2.66. The number of carbonyl (C=O) groups is 1. The predicted octanol–water partition coefficient (Wildman–Crippen LogP) is 4.78. The number of aryl methyl sites for hydroxylation is 2. The average Bonchev–Trinajstić information content (AvgIpc) is 2.92. The largest absolute Gasteiger partial charge is 0.369 e. The molecule has 3 heteroatoms. The minimum absolute atomic E-state index is 0.140. The van der Waals surface area contributed by atoms with Gasteiger partial charge in [0.15, 0.2) is 5.78 Å². The Morgan fingerprint density at radius 1 is 1.38 bits per heavy atom. The Morgan fingerprint density at radius 3 is 2.57 bits per heavy atom. The van der Waals surface area contributed by atoms with E-state index in [-0.39, 0.29) is 23.9 Å². The Kier molecular flexibility index (Phi) is 3.57. The molecule has 0 N–H and O–H groups in total. The minimum Gasteiger partial charge on any atom is -0.369 e. The molecule has 2 nitrogen and oxygen atoms in total. The maximum Gasteiger partial charge on any atom is 0.189 e. The van der Waals surface area contributed by atoms with Crippen LogP contribution in [0.15, 0.2) is 6.07 Å². The molecule has 0 amide bonds. The number of ether oxygens (including phenoxy) is 1. The molecule has 0 aliphatic heterocycles. The van der Waals surface area contributed by atoms with Crippen molar-refractivity contribution in [2.24, 2.45) is 16.7 Å². The van der Waals surface area contributed by atoms with Crippen molar-refractivity contribution in [2.75, 3.05) is 6.61 Å². The van der Waals surface area contributed by atoms with Gasteiger partial charge >= 0.3 is 0 Å². The molecule has 21 heavy (non-hydrogen) atoms. The summed E-state index contributed by atoms with van der Waals surface area (Å²) in [5, 5.41) is 0. The van der Waals surface area contributed by atoms with Gasteiger partial charge < -0.3 is 4.74 Å². The van der Waals surface area contributed by atoms with Crippen LogP contribution in [0.2, 0.25) is 0 Å². The molecule has 0 saturated heterocycles. The normalized spacial score (nSPS) is 33.6. The lowest BCUT2D eigenvalue weighted by Gasteiger charge is -2.38. The van der Waals surface area contributed by atoms with E-state index in [1.807, 2.05) is 13.0 Å². The second kappa shape index (κ2) is 4.92. The van der Waals surface area contributed by atoms with Crippen molar-refractivity contribution in [1.29, 1.82) is 0 Å². The third-order valence-electron chi connectivity index (χ3n) is 6.47. The summed E-state index contributed by atoms with van der Waals surface area (Å²) in [5.41, 5.74) is 1.43. The first-order chi connectivity index (χ1) is 9.75. The van der Waals surface area contributed by atoms with Crippen molar-refractivity contribution < 1.29 is 9.53 Å². The first-order valence-corrected chi connectivity index (χ1v) is 8.79. The van der Waals surface area contributed by atoms with Gasteiger partial charge in [-0.05, 0) is 55.9 Å². The molecule has 0 aromatic carbocycles. The first kappa shape index (κ1) is 15.2. The SMILES string of the molecule is Cc1cc(C(=O)COC2CC3CCC2(C)C3(C)C)c(C)s1. The molecule has 2 aliphatic carbocycles. The predicted molar refractivity (Wildman–Crippen MR) is 87.1 cm³/mol. The molecular formula is C18H26O2S. The van der Waals surface area contributed by atoms with E-state index in [1.54, 1.807) is 11.3 Å². The first-order valence-electron chi connectivity index (χ1n) is 7.97. The van der Waals surface area contributed by atoms with Crippen molar-refractivity contribution in [3.63, 3.8) is 0 Å². The van der Waals surface area contributed by atoms with Crippen LogP contribution in [0.1, 0.15) is 60.1 Å². The Labute approximate surface area is 131 Å². The van der Waals surface area contributed by atoms with Gasteiger partial charge in [0, 0.05) is 15.3 Å². The van der Waals surface area contributed by atoms with Crippen molar-refractivity contribution in [1.82, 2.24) is 0 Å². The number of ketones is 1. The van der Waals surface area contributed by atoms with Gasteiger partial charge in [-0.25, -0.2) is 0 Å². The molecule has 3 atom stereocenters. The van der Waals surface area contributed by atoms with E-state index in [0.29, 0.717) is 5.41 Å². The number of fused-ring (bicyclic) bond motifs is 2.